The Hall–Kier alpha value is -2.46. The third kappa shape index (κ3) is 2.90. The third-order valence-electron chi connectivity index (χ3n) is 3.32. The SMILES string of the molecule is NC(=O)N1OC[C@@H](c2ccc(C3=NNC(=O)CS3)c(F)c2)C1=O. The van der Waals surface area contributed by atoms with Crippen molar-refractivity contribution >= 4 is 34.7 Å². The minimum Gasteiger partial charge on any atom is -0.349 e. The van der Waals surface area contributed by atoms with Gasteiger partial charge in [0.25, 0.3) is 11.8 Å². The van der Waals surface area contributed by atoms with Gasteiger partial charge in [-0.15, -0.1) is 5.06 Å². The molecule has 0 aromatic heterocycles. The minimum atomic E-state index is -1.02. The Bertz CT molecular complexity index is 739. The van der Waals surface area contributed by atoms with Gasteiger partial charge in [0.15, 0.2) is 0 Å². The number of urea groups is 1. The molecule has 0 unspecified atom stereocenters. The van der Waals surface area contributed by atoms with Gasteiger partial charge in [-0.05, 0) is 17.7 Å². The Morgan fingerprint density at radius 1 is 1.48 bits per heavy atom. The summed E-state index contributed by atoms with van der Waals surface area (Å²) in [6, 6.07) is 3.19. The lowest BCUT2D eigenvalue weighted by Gasteiger charge is -2.14. The molecular formula is C13H11FN4O4S. The van der Waals surface area contributed by atoms with Crippen molar-refractivity contribution in [1.29, 1.82) is 0 Å². The summed E-state index contributed by atoms with van der Waals surface area (Å²) in [4.78, 5) is 39.0. The first kappa shape index (κ1) is 15.4. The highest BCUT2D eigenvalue weighted by atomic mass is 32.2. The van der Waals surface area contributed by atoms with E-state index in [2.05, 4.69) is 10.5 Å². The van der Waals surface area contributed by atoms with Crippen molar-refractivity contribution in [2.45, 2.75) is 5.92 Å². The molecule has 0 radical (unpaired) electrons. The molecule has 1 atom stereocenters. The molecule has 0 bridgehead atoms. The first-order chi connectivity index (χ1) is 11.0. The highest BCUT2D eigenvalue weighted by Gasteiger charge is 2.37. The van der Waals surface area contributed by atoms with Crippen LogP contribution < -0.4 is 11.2 Å². The molecule has 0 spiro atoms. The lowest BCUT2D eigenvalue weighted by molar-refractivity contribution is -0.146. The van der Waals surface area contributed by atoms with Crippen LogP contribution >= 0.6 is 11.8 Å². The van der Waals surface area contributed by atoms with E-state index < -0.39 is 23.7 Å². The van der Waals surface area contributed by atoms with Crippen molar-refractivity contribution in [1.82, 2.24) is 10.5 Å². The zero-order chi connectivity index (χ0) is 16.6. The maximum atomic E-state index is 14.3. The number of hydrogen-bond acceptors (Lipinski definition) is 6. The van der Waals surface area contributed by atoms with E-state index in [1.165, 1.54) is 12.1 Å². The molecule has 2 aliphatic heterocycles. The van der Waals surface area contributed by atoms with Crippen LogP contribution in [0.25, 0.3) is 0 Å². The minimum absolute atomic E-state index is 0.0910. The molecular weight excluding hydrogens is 327 g/mol. The molecule has 1 fully saturated rings. The Kier molecular flexibility index (Phi) is 4.01. The van der Waals surface area contributed by atoms with E-state index in [0.29, 0.717) is 15.7 Å². The number of thioether (sulfide) groups is 1. The molecule has 1 aromatic carbocycles. The summed E-state index contributed by atoms with van der Waals surface area (Å²) in [7, 11) is 0. The Morgan fingerprint density at radius 2 is 2.26 bits per heavy atom. The van der Waals surface area contributed by atoms with Crippen LogP contribution in [0.5, 0.6) is 0 Å². The number of rotatable bonds is 2. The smallest absolute Gasteiger partial charge is 0.346 e. The van der Waals surface area contributed by atoms with Crippen LogP contribution in [0.1, 0.15) is 17.0 Å². The average molecular weight is 338 g/mol. The number of imide groups is 1. The highest BCUT2D eigenvalue weighted by molar-refractivity contribution is 8.15. The number of nitrogens with one attached hydrogen (secondary N) is 1. The van der Waals surface area contributed by atoms with Crippen LogP contribution in [-0.2, 0) is 14.4 Å². The van der Waals surface area contributed by atoms with Crippen molar-refractivity contribution in [3.8, 4) is 0 Å². The maximum absolute atomic E-state index is 14.3. The van der Waals surface area contributed by atoms with Crippen molar-refractivity contribution in [2.24, 2.45) is 10.8 Å². The summed E-state index contributed by atoms with van der Waals surface area (Å²) in [6.07, 6.45) is 0. The second-order valence-corrected chi connectivity index (χ2v) is 5.76. The molecule has 1 aromatic rings. The number of carbonyl (C=O) groups is 3. The largest absolute Gasteiger partial charge is 0.349 e. The summed E-state index contributed by atoms with van der Waals surface area (Å²) < 4.78 is 14.3. The van der Waals surface area contributed by atoms with Crippen LogP contribution in [0.2, 0.25) is 0 Å². The van der Waals surface area contributed by atoms with Gasteiger partial charge in [-0.1, -0.05) is 17.8 Å². The number of hydrazone groups is 1. The Morgan fingerprint density at radius 3 is 2.83 bits per heavy atom. The molecule has 4 amide bonds. The van der Waals surface area contributed by atoms with Crippen LogP contribution in [-0.4, -0.2) is 40.3 Å². The van der Waals surface area contributed by atoms with Crippen LogP contribution in [0.4, 0.5) is 9.18 Å². The fraction of sp³-hybridized carbons (Fsp3) is 0.231. The van der Waals surface area contributed by atoms with Crippen molar-refractivity contribution < 1.29 is 23.6 Å². The van der Waals surface area contributed by atoms with E-state index in [-0.39, 0.29) is 23.8 Å². The first-order valence-electron chi connectivity index (χ1n) is 6.53. The fourth-order valence-electron chi connectivity index (χ4n) is 2.21. The normalized spacial score (nSPS) is 21.2. The van der Waals surface area contributed by atoms with Gasteiger partial charge in [0, 0.05) is 5.56 Å². The molecule has 2 heterocycles. The van der Waals surface area contributed by atoms with Gasteiger partial charge in [-0.3, -0.25) is 14.4 Å². The van der Waals surface area contributed by atoms with Gasteiger partial charge in [-0.25, -0.2) is 14.6 Å². The molecule has 1 saturated heterocycles. The first-order valence-corrected chi connectivity index (χ1v) is 7.51. The number of nitrogens with zero attached hydrogens (tertiary/aromatic N) is 2. The summed E-state index contributed by atoms with van der Waals surface area (Å²) in [6.45, 7) is -0.0910. The predicted molar refractivity (Wildman–Crippen MR) is 78.7 cm³/mol. The molecule has 3 rings (SSSR count). The number of benzene rings is 1. The lowest BCUT2D eigenvalue weighted by atomic mass is 9.98. The second kappa shape index (κ2) is 5.97. The summed E-state index contributed by atoms with van der Waals surface area (Å²) >= 11 is 1.12. The van der Waals surface area contributed by atoms with E-state index in [1.54, 1.807) is 6.07 Å². The monoisotopic (exact) mass is 338 g/mol. The van der Waals surface area contributed by atoms with Crippen LogP contribution in [0, 0.1) is 5.82 Å². The zero-order valence-electron chi connectivity index (χ0n) is 11.6. The van der Waals surface area contributed by atoms with E-state index in [9.17, 15) is 18.8 Å². The van der Waals surface area contributed by atoms with Gasteiger partial charge in [0.05, 0.1) is 18.3 Å². The molecule has 120 valence electrons. The second-order valence-electron chi connectivity index (χ2n) is 4.80. The molecule has 2 aliphatic rings. The van der Waals surface area contributed by atoms with Gasteiger partial charge in [-0.2, -0.15) is 5.10 Å². The number of hydroxylamine groups is 2. The third-order valence-corrected chi connectivity index (χ3v) is 4.31. The van der Waals surface area contributed by atoms with E-state index in [4.69, 9.17) is 10.6 Å². The van der Waals surface area contributed by atoms with E-state index in [1.807, 2.05) is 0 Å². The van der Waals surface area contributed by atoms with E-state index in [0.717, 1.165) is 11.8 Å². The standard InChI is InChI=1S/C13H11FN4O4S/c14-9-3-6(8-4-22-18(12(8)20)13(15)21)1-2-7(9)11-17-16-10(19)5-23-11/h1-3,8H,4-5H2,(H2,15,21)(H,16,19)/t8-/m0/s1. The number of hydrogen-bond donors (Lipinski definition) is 2. The van der Waals surface area contributed by atoms with Crippen molar-refractivity contribution in [3.05, 3.63) is 35.1 Å². The highest BCUT2D eigenvalue weighted by Crippen LogP contribution is 2.28. The lowest BCUT2D eigenvalue weighted by Crippen LogP contribution is -2.36. The molecule has 0 saturated carbocycles. The summed E-state index contributed by atoms with van der Waals surface area (Å²) in [5.41, 5.74) is 7.87. The molecule has 3 N–H and O–H groups in total. The van der Waals surface area contributed by atoms with Crippen molar-refractivity contribution in [2.75, 3.05) is 12.4 Å². The van der Waals surface area contributed by atoms with E-state index >= 15 is 0 Å². The predicted octanol–water partition coefficient (Wildman–Crippen LogP) is 0.286. The molecule has 8 nitrogen and oxygen atoms in total. The maximum Gasteiger partial charge on any atom is 0.346 e. The average Bonchev–Trinajstić information content (AvgIpc) is 2.90. The number of halogens is 1. The van der Waals surface area contributed by atoms with Gasteiger partial charge >= 0.3 is 6.03 Å². The number of carbonyl (C=O) groups excluding carboxylic acids is 3. The quantitative estimate of drug-likeness (QED) is 0.804. The number of nitrogens with two attached hydrogens (primary N) is 1. The van der Waals surface area contributed by atoms with Crippen molar-refractivity contribution in [3.63, 3.8) is 0 Å². The molecule has 0 aliphatic carbocycles. The summed E-state index contributed by atoms with van der Waals surface area (Å²) in [5.74, 6) is -2.12. The summed E-state index contributed by atoms with van der Waals surface area (Å²) in [5, 5.41) is 4.61. The Balaban J connectivity index is 1.84. The molecule has 10 heteroatoms. The van der Waals surface area contributed by atoms with Gasteiger partial charge in [0.1, 0.15) is 10.9 Å². The fourth-order valence-corrected chi connectivity index (χ4v) is 2.97. The topological polar surface area (TPSA) is 114 Å². The van der Waals surface area contributed by atoms with Crippen LogP contribution in [0.15, 0.2) is 23.3 Å². The zero-order valence-corrected chi connectivity index (χ0v) is 12.4. The van der Waals surface area contributed by atoms with Gasteiger partial charge < -0.3 is 5.73 Å². The van der Waals surface area contributed by atoms with Gasteiger partial charge in [0.2, 0.25) is 0 Å². The number of primary amides is 1. The molecule has 23 heavy (non-hydrogen) atoms. The van der Waals surface area contributed by atoms with Crippen LogP contribution in [0.3, 0.4) is 0 Å². The number of amides is 4. The Labute approximate surface area is 133 Å².